The zero-order chi connectivity index (χ0) is 14.0. The van der Waals surface area contributed by atoms with Crippen LogP contribution in [0.1, 0.15) is 16.7 Å². The van der Waals surface area contributed by atoms with Crippen LogP contribution in [0.2, 0.25) is 5.02 Å². The Hall–Kier alpha value is -1.58. The number of rotatable bonds is 3. The van der Waals surface area contributed by atoms with Crippen molar-refractivity contribution in [3.63, 3.8) is 0 Å². The summed E-state index contributed by atoms with van der Waals surface area (Å²) >= 11 is 11.0. The molecule has 0 aliphatic rings. The second-order valence-corrected chi connectivity index (χ2v) is 5.25. The van der Waals surface area contributed by atoms with Gasteiger partial charge < -0.3 is 10.5 Å². The summed E-state index contributed by atoms with van der Waals surface area (Å²) in [5.74, 6) is 1.41. The fourth-order valence-electron chi connectivity index (χ4n) is 1.72. The van der Waals surface area contributed by atoms with Gasteiger partial charge in [0.25, 0.3) is 0 Å². The molecule has 2 aromatic carbocycles. The molecule has 0 saturated carbocycles. The van der Waals surface area contributed by atoms with Crippen molar-refractivity contribution in [3.8, 4) is 11.5 Å². The van der Waals surface area contributed by atoms with Crippen LogP contribution in [0, 0.1) is 13.8 Å². The van der Waals surface area contributed by atoms with Crippen LogP contribution >= 0.6 is 23.8 Å². The molecule has 0 radical (unpaired) electrons. The third-order valence-corrected chi connectivity index (χ3v) is 3.23. The van der Waals surface area contributed by atoms with E-state index in [-0.39, 0.29) is 4.99 Å². The molecule has 98 valence electrons. The molecule has 0 unspecified atom stereocenters. The number of hydrogen-bond acceptors (Lipinski definition) is 2. The number of halogens is 1. The van der Waals surface area contributed by atoms with Crippen molar-refractivity contribution in [2.75, 3.05) is 0 Å². The SMILES string of the molecule is Cc1ccc(C)c(Oc2ccc(Cl)cc2C(N)=S)c1. The van der Waals surface area contributed by atoms with Gasteiger partial charge in [-0.3, -0.25) is 0 Å². The zero-order valence-electron chi connectivity index (χ0n) is 10.7. The number of ether oxygens (including phenoxy) is 1. The van der Waals surface area contributed by atoms with Gasteiger partial charge in [0.15, 0.2) is 0 Å². The number of hydrogen-bond donors (Lipinski definition) is 1. The first-order chi connectivity index (χ1) is 8.97. The van der Waals surface area contributed by atoms with E-state index >= 15 is 0 Å². The molecule has 2 rings (SSSR count). The Bertz CT molecular complexity index is 640. The van der Waals surface area contributed by atoms with Crippen LogP contribution in [0.3, 0.4) is 0 Å². The van der Waals surface area contributed by atoms with Gasteiger partial charge in [-0.2, -0.15) is 0 Å². The van der Waals surface area contributed by atoms with Gasteiger partial charge in [-0.1, -0.05) is 36.0 Å². The summed E-state index contributed by atoms with van der Waals surface area (Å²) in [7, 11) is 0. The van der Waals surface area contributed by atoms with Crippen molar-refractivity contribution < 1.29 is 4.74 Å². The van der Waals surface area contributed by atoms with Crippen molar-refractivity contribution in [1.82, 2.24) is 0 Å². The van der Waals surface area contributed by atoms with Crippen LogP contribution in [0.4, 0.5) is 0 Å². The quantitative estimate of drug-likeness (QED) is 0.852. The lowest BCUT2D eigenvalue weighted by Gasteiger charge is -2.13. The minimum atomic E-state index is 0.266. The van der Waals surface area contributed by atoms with Gasteiger partial charge >= 0.3 is 0 Å². The Morgan fingerprint density at radius 3 is 2.53 bits per heavy atom. The maximum atomic E-state index is 5.95. The molecule has 0 aliphatic carbocycles. The van der Waals surface area contributed by atoms with Crippen LogP contribution < -0.4 is 10.5 Å². The van der Waals surface area contributed by atoms with Gasteiger partial charge in [-0.05, 0) is 49.2 Å². The summed E-state index contributed by atoms with van der Waals surface area (Å²) < 4.78 is 5.91. The fourth-order valence-corrected chi connectivity index (χ4v) is 2.05. The molecular weight excluding hydrogens is 278 g/mol. The minimum absolute atomic E-state index is 0.266. The van der Waals surface area contributed by atoms with E-state index in [9.17, 15) is 0 Å². The highest BCUT2D eigenvalue weighted by atomic mass is 35.5. The first kappa shape index (κ1) is 13.8. The molecular formula is C15H14ClNOS. The highest BCUT2D eigenvalue weighted by molar-refractivity contribution is 7.80. The Morgan fingerprint density at radius 2 is 1.84 bits per heavy atom. The van der Waals surface area contributed by atoms with E-state index in [2.05, 4.69) is 0 Å². The summed E-state index contributed by atoms with van der Waals surface area (Å²) in [6.07, 6.45) is 0. The molecule has 0 atom stereocenters. The van der Waals surface area contributed by atoms with Gasteiger partial charge in [0.2, 0.25) is 0 Å². The summed E-state index contributed by atoms with van der Waals surface area (Å²) in [4.78, 5) is 0.266. The largest absolute Gasteiger partial charge is 0.456 e. The minimum Gasteiger partial charge on any atom is -0.456 e. The smallest absolute Gasteiger partial charge is 0.137 e. The van der Waals surface area contributed by atoms with Gasteiger partial charge in [-0.25, -0.2) is 0 Å². The molecule has 0 aromatic heterocycles. The Labute approximate surface area is 123 Å². The monoisotopic (exact) mass is 291 g/mol. The molecule has 2 N–H and O–H groups in total. The molecule has 0 fully saturated rings. The molecule has 4 heteroatoms. The van der Waals surface area contributed by atoms with Gasteiger partial charge in [0.1, 0.15) is 16.5 Å². The highest BCUT2D eigenvalue weighted by Crippen LogP contribution is 2.30. The molecule has 0 saturated heterocycles. The van der Waals surface area contributed by atoms with Crippen LogP contribution in [-0.2, 0) is 0 Å². The van der Waals surface area contributed by atoms with Gasteiger partial charge in [0, 0.05) is 5.02 Å². The van der Waals surface area contributed by atoms with Crippen LogP contribution in [-0.4, -0.2) is 4.99 Å². The highest BCUT2D eigenvalue weighted by Gasteiger charge is 2.10. The lowest BCUT2D eigenvalue weighted by molar-refractivity contribution is 0.477. The first-order valence-corrected chi connectivity index (χ1v) is 6.60. The van der Waals surface area contributed by atoms with E-state index in [1.165, 1.54) is 0 Å². The fraction of sp³-hybridized carbons (Fsp3) is 0.133. The van der Waals surface area contributed by atoms with Crippen LogP contribution in [0.5, 0.6) is 11.5 Å². The van der Waals surface area contributed by atoms with Crippen LogP contribution in [0.25, 0.3) is 0 Å². The molecule has 0 heterocycles. The van der Waals surface area contributed by atoms with E-state index < -0.39 is 0 Å². The van der Waals surface area contributed by atoms with Crippen molar-refractivity contribution >= 4 is 28.8 Å². The van der Waals surface area contributed by atoms with Gasteiger partial charge in [-0.15, -0.1) is 0 Å². The number of benzene rings is 2. The zero-order valence-corrected chi connectivity index (χ0v) is 12.3. The lowest BCUT2D eigenvalue weighted by Crippen LogP contribution is -2.10. The molecule has 0 bridgehead atoms. The second-order valence-electron chi connectivity index (χ2n) is 4.38. The third-order valence-electron chi connectivity index (χ3n) is 2.77. The predicted molar refractivity (Wildman–Crippen MR) is 83.3 cm³/mol. The summed E-state index contributed by atoms with van der Waals surface area (Å²) in [5.41, 5.74) is 8.52. The van der Waals surface area contributed by atoms with E-state index in [1.807, 2.05) is 32.0 Å². The van der Waals surface area contributed by atoms with Gasteiger partial charge in [0.05, 0.1) is 5.56 Å². The maximum absolute atomic E-state index is 5.95. The summed E-state index contributed by atoms with van der Waals surface area (Å²) in [6.45, 7) is 4.01. The number of thiocarbonyl (C=S) groups is 1. The summed E-state index contributed by atoms with van der Waals surface area (Å²) in [6, 6.07) is 11.3. The Kier molecular flexibility index (Phi) is 4.08. The summed E-state index contributed by atoms with van der Waals surface area (Å²) in [5, 5.41) is 0.580. The predicted octanol–water partition coefficient (Wildman–Crippen LogP) is 4.38. The van der Waals surface area contributed by atoms with Crippen molar-refractivity contribution in [1.29, 1.82) is 0 Å². The second kappa shape index (κ2) is 5.59. The lowest BCUT2D eigenvalue weighted by atomic mass is 10.1. The molecule has 2 aromatic rings. The molecule has 0 amide bonds. The van der Waals surface area contributed by atoms with E-state index in [1.54, 1.807) is 18.2 Å². The third kappa shape index (κ3) is 3.25. The molecule has 0 aliphatic heterocycles. The van der Waals surface area contributed by atoms with Crippen molar-refractivity contribution in [2.24, 2.45) is 5.73 Å². The Balaban J connectivity index is 2.43. The molecule has 0 spiro atoms. The van der Waals surface area contributed by atoms with E-state index in [4.69, 9.17) is 34.3 Å². The van der Waals surface area contributed by atoms with Crippen molar-refractivity contribution in [2.45, 2.75) is 13.8 Å². The van der Waals surface area contributed by atoms with E-state index in [0.29, 0.717) is 16.3 Å². The maximum Gasteiger partial charge on any atom is 0.137 e. The molecule has 19 heavy (non-hydrogen) atoms. The van der Waals surface area contributed by atoms with Crippen LogP contribution in [0.15, 0.2) is 36.4 Å². The van der Waals surface area contributed by atoms with Crippen molar-refractivity contribution in [3.05, 3.63) is 58.1 Å². The Morgan fingerprint density at radius 1 is 1.11 bits per heavy atom. The molecule has 2 nitrogen and oxygen atoms in total. The van der Waals surface area contributed by atoms with E-state index in [0.717, 1.165) is 16.9 Å². The first-order valence-electron chi connectivity index (χ1n) is 5.82. The average Bonchev–Trinajstić information content (AvgIpc) is 2.35. The average molecular weight is 292 g/mol. The number of nitrogens with two attached hydrogens (primary N) is 1. The standard InChI is InChI=1S/C15H14ClNOS/c1-9-3-4-10(2)14(7-9)18-13-6-5-11(16)8-12(13)15(17)19/h3-8H,1-2H3,(H2,17,19). The topological polar surface area (TPSA) is 35.2 Å². The number of aryl methyl sites for hydroxylation is 2. The normalized spacial score (nSPS) is 10.3.